The van der Waals surface area contributed by atoms with Crippen molar-refractivity contribution in [2.75, 3.05) is 6.61 Å². The minimum atomic E-state index is -0.303. The van der Waals surface area contributed by atoms with E-state index in [1.165, 1.54) is 0 Å². The second kappa shape index (κ2) is 5.99. The zero-order chi connectivity index (χ0) is 13.8. The van der Waals surface area contributed by atoms with E-state index < -0.39 is 0 Å². The van der Waals surface area contributed by atoms with Crippen molar-refractivity contribution in [3.63, 3.8) is 0 Å². The molecule has 19 heavy (non-hydrogen) atoms. The zero-order valence-electron chi connectivity index (χ0n) is 10.6. The fourth-order valence-corrected chi connectivity index (χ4v) is 2.00. The number of carbonyl (C=O) groups is 1. The number of halogens is 1. The van der Waals surface area contributed by atoms with Crippen LogP contribution in [-0.4, -0.2) is 28.6 Å². The molecule has 0 saturated carbocycles. The maximum absolute atomic E-state index is 12.0. The molecule has 0 fully saturated rings. The Kier molecular flexibility index (Phi) is 4.35. The van der Waals surface area contributed by atoms with Crippen molar-refractivity contribution >= 4 is 28.4 Å². The number of carbonyl (C=O) groups excluding carboxylic acids is 1. The molecule has 0 radical (unpaired) electrons. The van der Waals surface area contributed by atoms with Gasteiger partial charge in [-0.15, -0.1) is 0 Å². The highest BCUT2D eigenvalue weighted by molar-refractivity contribution is 6.35. The monoisotopic (exact) mass is 278 g/mol. The number of para-hydroxylation sites is 1. The van der Waals surface area contributed by atoms with Gasteiger partial charge in [0.15, 0.2) is 0 Å². The van der Waals surface area contributed by atoms with Gasteiger partial charge in [-0.3, -0.25) is 4.79 Å². The molecule has 4 nitrogen and oxygen atoms in total. The van der Waals surface area contributed by atoms with Crippen LogP contribution in [0.5, 0.6) is 0 Å². The summed E-state index contributed by atoms with van der Waals surface area (Å²) in [4.78, 5) is 16.3. The van der Waals surface area contributed by atoms with Crippen LogP contribution in [-0.2, 0) is 0 Å². The average Bonchev–Trinajstić information content (AvgIpc) is 2.44. The number of nitrogens with one attached hydrogen (secondary N) is 1. The summed E-state index contributed by atoms with van der Waals surface area (Å²) in [5, 5.41) is 13.2. The molecule has 2 aromatic rings. The van der Waals surface area contributed by atoms with Gasteiger partial charge in [-0.25, -0.2) is 4.98 Å². The lowest BCUT2D eigenvalue weighted by Gasteiger charge is -2.13. The van der Waals surface area contributed by atoms with Gasteiger partial charge in [-0.05, 0) is 18.6 Å². The summed E-state index contributed by atoms with van der Waals surface area (Å²) in [5.41, 5.74) is 0.904. The van der Waals surface area contributed by atoms with Gasteiger partial charge in [-0.2, -0.15) is 0 Å². The largest absolute Gasteiger partial charge is 0.394 e. The number of amides is 1. The van der Waals surface area contributed by atoms with Crippen LogP contribution in [0.1, 0.15) is 23.8 Å². The van der Waals surface area contributed by atoms with E-state index in [1.807, 2.05) is 25.1 Å². The Bertz CT molecular complexity index is 597. The van der Waals surface area contributed by atoms with Gasteiger partial charge in [0, 0.05) is 5.39 Å². The summed E-state index contributed by atoms with van der Waals surface area (Å²) in [6.07, 6.45) is 0.663. The fraction of sp³-hybridized carbons (Fsp3) is 0.286. The van der Waals surface area contributed by atoms with E-state index in [0.29, 0.717) is 22.7 Å². The molecule has 100 valence electrons. The van der Waals surface area contributed by atoms with Gasteiger partial charge in [0.2, 0.25) is 0 Å². The van der Waals surface area contributed by atoms with Crippen molar-refractivity contribution in [3.8, 4) is 0 Å². The lowest BCUT2D eigenvalue weighted by Crippen LogP contribution is -2.37. The highest BCUT2D eigenvalue weighted by Crippen LogP contribution is 2.21. The number of fused-ring (bicyclic) bond motifs is 1. The van der Waals surface area contributed by atoms with E-state index in [1.54, 1.807) is 12.1 Å². The third-order valence-electron chi connectivity index (χ3n) is 2.95. The minimum absolute atomic E-state index is 0.0867. The highest BCUT2D eigenvalue weighted by Gasteiger charge is 2.13. The molecular formula is C14H15ClN2O2. The van der Waals surface area contributed by atoms with Crippen LogP contribution in [0.4, 0.5) is 0 Å². The van der Waals surface area contributed by atoms with E-state index in [2.05, 4.69) is 10.3 Å². The zero-order valence-corrected chi connectivity index (χ0v) is 11.3. The van der Waals surface area contributed by atoms with E-state index in [-0.39, 0.29) is 18.6 Å². The molecular weight excluding hydrogens is 264 g/mol. The number of aliphatic hydroxyl groups is 1. The van der Waals surface area contributed by atoms with Crippen molar-refractivity contribution in [2.45, 2.75) is 19.4 Å². The first-order chi connectivity index (χ1) is 9.15. The third-order valence-corrected chi connectivity index (χ3v) is 3.26. The van der Waals surface area contributed by atoms with Crippen LogP contribution in [0.25, 0.3) is 10.9 Å². The number of rotatable bonds is 4. The molecule has 2 rings (SSSR count). The van der Waals surface area contributed by atoms with Crippen molar-refractivity contribution < 1.29 is 9.90 Å². The summed E-state index contributed by atoms with van der Waals surface area (Å²) in [6.45, 7) is 1.81. The van der Waals surface area contributed by atoms with Crippen molar-refractivity contribution in [2.24, 2.45) is 0 Å². The number of benzene rings is 1. The van der Waals surface area contributed by atoms with E-state index >= 15 is 0 Å². The maximum atomic E-state index is 12.0. The van der Waals surface area contributed by atoms with Crippen LogP contribution < -0.4 is 5.32 Å². The standard InChI is InChI=1S/C14H15ClN2O2/c1-2-10(8-18)16-14(19)12-7-6-9-4-3-5-11(15)13(9)17-12/h3-7,10,18H,2,8H2,1H3,(H,16,19). The second-order valence-corrected chi connectivity index (χ2v) is 4.68. The van der Waals surface area contributed by atoms with Gasteiger partial charge in [-0.1, -0.05) is 36.7 Å². The summed E-state index contributed by atoms with van der Waals surface area (Å²) in [6, 6.07) is 8.67. The molecule has 1 aromatic carbocycles. The molecule has 0 aliphatic heterocycles. The van der Waals surface area contributed by atoms with E-state index in [4.69, 9.17) is 16.7 Å². The maximum Gasteiger partial charge on any atom is 0.270 e. The summed E-state index contributed by atoms with van der Waals surface area (Å²) >= 11 is 6.06. The Hall–Kier alpha value is -1.65. The third kappa shape index (κ3) is 3.03. The highest BCUT2D eigenvalue weighted by atomic mass is 35.5. The predicted molar refractivity (Wildman–Crippen MR) is 75.4 cm³/mol. The Balaban J connectivity index is 2.30. The molecule has 1 unspecified atom stereocenters. The van der Waals surface area contributed by atoms with Gasteiger partial charge < -0.3 is 10.4 Å². The van der Waals surface area contributed by atoms with Crippen LogP contribution in [0.15, 0.2) is 30.3 Å². The Morgan fingerprint density at radius 3 is 2.89 bits per heavy atom. The first kappa shape index (κ1) is 13.8. The van der Waals surface area contributed by atoms with Crippen LogP contribution in [0, 0.1) is 0 Å². The Morgan fingerprint density at radius 2 is 2.21 bits per heavy atom. The Labute approximate surface area is 116 Å². The first-order valence-electron chi connectivity index (χ1n) is 6.12. The fourth-order valence-electron chi connectivity index (χ4n) is 1.77. The molecule has 1 atom stereocenters. The molecule has 1 heterocycles. The number of hydrogen-bond donors (Lipinski definition) is 2. The molecule has 2 N–H and O–H groups in total. The number of nitrogens with zero attached hydrogens (tertiary/aromatic N) is 1. The molecule has 5 heteroatoms. The molecule has 0 aliphatic rings. The van der Waals surface area contributed by atoms with Crippen molar-refractivity contribution in [1.82, 2.24) is 10.3 Å². The molecule has 0 bridgehead atoms. The minimum Gasteiger partial charge on any atom is -0.394 e. The number of hydrogen-bond acceptors (Lipinski definition) is 3. The second-order valence-electron chi connectivity index (χ2n) is 4.27. The predicted octanol–water partition coefficient (Wildman–Crippen LogP) is 2.39. The van der Waals surface area contributed by atoms with Gasteiger partial charge in [0.1, 0.15) is 5.69 Å². The molecule has 0 saturated heterocycles. The van der Waals surface area contributed by atoms with Crippen LogP contribution >= 0.6 is 11.6 Å². The van der Waals surface area contributed by atoms with Crippen molar-refractivity contribution in [3.05, 3.63) is 41.0 Å². The van der Waals surface area contributed by atoms with Gasteiger partial charge in [0.05, 0.1) is 23.2 Å². The average molecular weight is 279 g/mol. The van der Waals surface area contributed by atoms with Crippen LogP contribution in [0.3, 0.4) is 0 Å². The van der Waals surface area contributed by atoms with E-state index in [9.17, 15) is 4.79 Å². The topological polar surface area (TPSA) is 62.2 Å². The summed E-state index contributed by atoms with van der Waals surface area (Å²) in [7, 11) is 0. The Morgan fingerprint density at radius 1 is 1.42 bits per heavy atom. The van der Waals surface area contributed by atoms with Crippen LogP contribution in [0.2, 0.25) is 5.02 Å². The number of aliphatic hydroxyl groups excluding tert-OH is 1. The van der Waals surface area contributed by atoms with Gasteiger partial charge in [0.25, 0.3) is 5.91 Å². The smallest absolute Gasteiger partial charge is 0.270 e. The number of aromatic nitrogens is 1. The lowest BCUT2D eigenvalue weighted by molar-refractivity contribution is 0.0910. The quantitative estimate of drug-likeness (QED) is 0.903. The normalized spacial score (nSPS) is 12.4. The van der Waals surface area contributed by atoms with E-state index in [0.717, 1.165) is 5.39 Å². The summed E-state index contributed by atoms with van der Waals surface area (Å²) < 4.78 is 0. The van der Waals surface area contributed by atoms with Gasteiger partial charge >= 0.3 is 0 Å². The molecule has 0 aliphatic carbocycles. The van der Waals surface area contributed by atoms with Crippen molar-refractivity contribution in [1.29, 1.82) is 0 Å². The lowest BCUT2D eigenvalue weighted by atomic mass is 10.2. The molecule has 1 amide bonds. The molecule has 0 spiro atoms. The SMILES string of the molecule is CCC(CO)NC(=O)c1ccc2cccc(Cl)c2n1. The molecule has 1 aromatic heterocycles. The number of pyridine rings is 1. The summed E-state index contributed by atoms with van der Waals surface area (Å²) in [5.74, 6) is -0.303. The first-order valence-corrected chi connectivity index (χ1v) is 6.50.